The fraction of sp³-hybridized carbons (Fsp3) is 0.480. The Hall–Kier alpha value is -0.510. The second kappa shape index (κ2) is 17.7. The Balaban J connectivity index is 0.00000420. The molecule has 0 bridgehead atoms. The summed E-state index contributed by atoms with van der Waals surface area (Å²) in [6.07, 6.45) is -2.14. The van der Waals surface area contributed by atoms with Crippen molar-refractivity contribution in [2.45, 2.75) is 49.8 Å². The molecule has 1 fully saturated rings. The summed E-state index contributed by atoms with van der Waals surface area (Å²) >= 11 is 0. The van der Waals surface area contributed by atoms with Gasteiger partial charge in [-0.05, 0) is 42.2 Å². The number of rotatable bonds is 13. The Morgan fingerprint density at radius 1 is 1.12 bits per heavy atom. The first kappa shape index (κ1) is 38.5. The van der Waals surface area contributed by atoms with Crippen LogP contribution in [0.3, 0.4) is 0 Å². The molecule has 1 aliphatic heterocycles. The summed E-state index contributed by atoms with van der Waals surface area (Å²) < 4.78 is 56.2. The molecule has 2 radical (unpaired) electrons. The van der Waals surface area contributed by atoms with Crippen molar-refractivity contribution in [3.63, 3.8) is 0 Å². The molecule has 16 heteroatoms. The number of hydrogen-bond donors (Lipinski definition) is 4. The molecule has 3 atom stereocenters. The maximum Gasteiger partial charge on any atom is 0.469 e. The number of nitrogen functional groups attached to an aromatic ring is 1. The number of phosphoric ester groups is 1. The van der Waals surface area contributed by atoms with Crippen molar-refractivity contribution in [2.75, 3.05) is 32.0 Å². The Morgan fingerprint density at radius 3 is 2.29 bits per heavy atom. The van der Waals surface area contributed by atoms with Crippen molar-refractivity contribution in [3.05, 3.63) is 60.2 Å². The van der Waals surface area contributed by atoms with E-state index in [2.05, 4.69) is 5.32 Å². The van der Waals surface area contributed by atoms with Crippen LogP contribution >= 0.6 is 7.82 Å². The largest absolute Gasteiger partial charge is 0.469 e. The number of alkyl carbamates (subject to hydrolysis) is 1. The van der Waals surface area contributed by atoms with E-state index in [-0.39, 0.29) is 89.5 Å². The van der Waals surface area contributed by atoms with Crippen LogP contribution in [0.1, 0.15) is 25.8 Å². The fourth-order valence-corrected chi connectivity index (χ4v) is 6.35. The van der Waals surface area contributed by atoms with Crippen molar-refractivity contribution < 1.29 is 41.6 Å². The van der Waals surface area contributed by atoms with Crippen molar-refractivity contribution >= 4 is 88.7 Å². The number of carbonyl (C=O) groups is 1. The molecular weight excluding hydrogens is 595 g/mol. The van der Waals surface area contributed by atoms with E-state index >= 15 is 0 Å². The van der Waals surface area contributed by atoms with Gasteiger partial charge in [-0.1, -0.05) is 44.2 Å². The van der Waals surface area contributed by atoms with Crippen molar-refractivity contribution in [2.24, 2.45) is 5.92 Å². The van der Waals surface area contributed by atoms with Gasteiger partial charge < -0.3 is 30.3 Å². The molecule has 1 saturated heterocycles. The van der Waals surface area contributed by atoms with Crippen LogP contribution in [0.4, 0.5) is 10.5 Å². The van der Waals surface area contributed by atoms with Gasteiger partial charge in [0.1, 0.15) is 12.2 Å². The summed E-state index contributed by atoms with van der Waals surface area (Å²) in [5.41, 5.74) is 6.82. The number of phosphoric acid groups is 1. The summed E-state index contributed by atoms with van der Waals surface area (Å²) in [4.78, 5) is 32.3. The van der Waals surface area contributed by atoms with E-state index in [0.29, 0.717) is 18.7 Å². The van der Waals surface area contributed by atoms with Crippen LogP contribution in [-0.2, 0) is 35.0 Å². The number of ether oxygens (including phenoxy) is 2. The quantitative estimate of drug-likeness (QED) is 0.145. The summed E-state index contributed by atoms with van der Waals surface area (Å²) in [6, 6.07) is 13.5. The molecule has 218 valence electrons. The topological polar surface area (TPSA) is 178 Å². The fourth-order valence-electron chi connectivity index (χ4n) is 4.16. The number of amides is 1. The predicted molar refractivity (Wildman–Crippen MR) is 156 cm³/mol. The minimum Gasteiger partial charge on any atom is -0.444 e. The van der Waals surface area contributed by atoms with Gasteiger partial charge in [0.05, 0.1) is 24.2 Å². The van der Waals surface area contributed by atoms with E-state index in [4.69, 9.17) is 19.7 Å². The van der Waals surface area contributed by atoms with Crippen LogP contribution in [0, 0.1) is 5.92 Å². The zero-order valence-corrected chi connectivity index (χ0v) is 29.6. The Bertz CT molecular complexity index is 1230. The van der Waals surface area contributed by atoms with Gasteiger partial charge >= 0.3 is 13.9 Å². The van der Waals surface area contributed by atoms with Crippen LogP contribution in [-0.4, -0.2) is 132 Å². The Kier molecular flexibility index (Phi) is 16.6. The van der Waals surface area contributed by atoms with Crippen molar-refractivity contribution in [1.82, 2.24) is 9.62 Å². The smallest absolute Gasteiger partial charge is 0.444 e. The van der Waals surface area contributed by atoms with Gasteiger partial charge in [-0.3, -0.25) is 4.52 Å². The minimum absolute atomic E-state index is 0. The Labute approximate surface area is 285 Å². The average molecular weight is 632 g/mol. The van der Waals surface area contributed by atoms with Crippen molar-refractivity contribution in [1.29, 1.82) is 0 Å². The molecule has 12 nitrogen and oxygen atoms in total. The Morgan fingerprint density at radius 2 is 1.76 bits per heavy atom. The van der Waals surface area contributed by atoms with E-state index in [9.17, 15) is 27.6 Å². The molecule has 0 spiro atoms. The molecule has 1 amide bonds. The summed E-state index contributed by atoms with van der Waals surface area (Å²) in [5.74, 6) is -0.142. The first-order valence-corrected chi connectivity index (χ1v) is 15.5. The molecule has 0 saturated carbocycles. The van der Waals surface area contributed by atoms with Gasteiger partial charge in [0.15, 0.2) is 0 Å². The number of carbonyl (C=O) groups excluding carboxylic acids is 1. The molecule has 0 unspecified atom stereocenters. The molecule has 2 aromatic carbocycles. The molecule has 2 aromatic rings. The second-order valence-electron chi connectivity index (χ2n) is 9.75. The van der Waals surface area contributed by atoms with E-state index < -0.39 is 48.7 Å². The van der Waals surface area contributed by atoms with Crippen molar-refractivity contribution in [3.8, 4) is 0 Å². The molecule has 1 aliphatic rings. The molecule has 0 aromatic heterocycles. The third-order valence-electron chi connectivity index (χ3n) is 5.96. The van der Waals surface area contributed by atoms with E-state index in [1.165, 1.54) is 24.3 Å². The number of sulfonamides is 1. The second-order valence-corrected chi connectivity index (χ2v) is 12.9. The van der Waals surface area contributed by atoms with Gasteiger partial charge in [0.2, 0.25) is 10.0 Å². The average Bonchev–Trinajstić information content (AvgIpc) is 3.35. The van der Waals surface area contributed by atoms with Crippen LogP contribution in [0.2, 0.25) is 0 Å². The maximum absolute atomic E-state index is 13.6. The molecule has 3 rings (SSSR count). The SMILES string of the molecule is CC(C)CN(C[C@@H](OP(=O)(O)O)[C@H](Cc1ccccc1)NC(=O)O[C@H]1CCOC1)S(=O)(=O)c1ccc(N)cc1.[Na].[Na]. The van der Waals surface area contributed by atoms with Crippen LogP contribution in [0.15, 0.2) is 59.5 Å². The zero-order valence-electron chi connectivity index (χ0n) is 23.9. The maximum atomic E-state index is 13.6. The molecule has 41 heavy (non-hydrogen) atoms. The number of hydrogen-bond acceptors (Lipinski definition) is 8. The number of benzene rings is 2. The zero-order chi connectivity index (χ0) is 28.6. The standard InChI is InChI=1S/C25H36N3O9PS.2Na/c1-18(2)15-28(39(33,34)22-10-8-20(26)9-11-22)16-24(37-38(30,31)32)23(14-19-6-4-3-5-7-19)27-25(29)36-21-12-13-35-17-21;;/h3-11,18,21,23-24H,12-17,26H2,1-2H3,(H,27,29)(H2,30,31,32);;/t21-,23-,24+;;/m0../s1. The molecule has 5 N–H and O–H groups in total. The van der Waals surface area contributed by atoms with Gasteiger partial charge in [0.25, 0.3) is 0 Å². The normalized spacial score (nSPS) is 16.9. The first-order chi connectivity index (χ1) is 18.3. The minimum atomic E-state index is -5.12. The summed E-state index contributed by atoms with van der Waals surface area (Å²) in [6.45, 7) is 3.87. The third kappa shape index (κ3) is 12.9. The van der Waals surface area contributed by atoms with E-state index in [1.54, 1.807) is 30.3 Å². The monoisotopic (exact) mass is 631 g/mol. The van der Waals surface area contributed by atoms with Gasteiger partial charge in [-0.2, -0.15) is 4.31 Å². The van der Waals surface area contributed by atoms with Crippen LogP contribution in [0.25, 0.3) is 0 Å². The van der Waals surface area contributed by atoms with Gasteiger partial charge in [-0.15, -0.1) is 0 Å². The molecule has 0 aliphatic carbocycles. The molecule has 1 heterocycles. The number of anilines is 1. The van der Waals surface area contributed by atoms with Gasteiger partial charge in [-0.25, -0.2) is 17.8 Å². The van der Waals surface area contributed by atoms with Crippen LogP contribution < -0.4 is 11.1 Å². The third-order valence-corrected chi connectivity index (χ3v) is 8.35. The van der Waals surface area contributed by atoms with E-state index in [0.717, 1.165) is 9.87 Å². The van der Waals surface area contributed by atoms with E-state index in [1.807, 2.05) is 13.8 Å². The van der Waals surface area contributed by atoms with Gasteiger partial charge in [0, 0.05) is 84.3 Å². The number of nitrogens with zero attached hydrogens (tertiary/aromatic N) is 1. The first-order valence-electron chi connectivity index (χ1n) is 12.5. The predicted octanol–water partition coefficient (Wildman–Crippen LogP) is 1.76. The number of nitrogens with one attached hydrogen (secondary N) is 1. The summed E-state index contributed by atoms with van der Waals surface area (Å²) in [5, 5.41) is 2.65. The summed E-state index contributed by atoms with van der Waals surface area (Å²) in [7, 11) is -9.26. The number of nitrogens with two attached hydrogens (primary N) is 1. The van der Waals surface area contributed by atoms with Crippen LogP contribution in [0.5, 0.6) is 0 Å². The molecular formula is C25H36N3Na2O9PS.